The van der Waals surface area contributed by atoms with E-state index >= 15 is 0 Å². The van der Waals surface area contributed by atoms with Crippen molar-refractivity contribution in [1.29, 1.82) is 0 Å². The molecular weight excluding hydrogens is 316 g/mol. The highest BCUT2D eigenvalue weighted by Crippen LogP contribution is 2.16. The first-order valence-corrected chi connectivity index (χ1v) is 7.46. The summed E-state index contributed by atoms with van der Waals surface area (Å²) in [6.45, 7) is 5.66. The highest BCUT2D eigenvalue weighted by molar-refractivity contribution is 5.93. The minimum Gasteiger partial charge on any atom is -0.334 e. The second-order valence-electron chi connectivity index (χ2n) is 5.23. The Bertz CT molecular complexity index is 527. The van der Waals surface area contributed by atoms with Crippen molar-refractivity contribution in [2.75, 3.05) is 30.3 Å². The lowest BCUT2D eigenvalue weighted by atomic mass is 9.99. The Kier molecular flexibility index (Phi) is 8.15. The number of amides is 3. The topological polar surface area (TPSA) is 82.3 Å². The SMILES string of the molecule is C=CCNC(=O)Nc1ccc(NC(=O)C2CCCNC2)cc1.Cl. The van der Waals surface area contributed by atoms with Crippen LogP contribution in [-0.2, 0) is 4.79 Å². The fourth-order valence-corrected chi connectivity index (χ4v) is 2.30. The number of hydrogen-bond donors (Lipinski definition) is 4. The van der Waals surface area contributed by atoms with Crippen molar-refractivity contribution in [3.05, 3.63) is 36.9 Å². The first kappa shape index (κ1) is 19.0. The average molecular weight is 339 g/mol. The van der Waals surface area contributed by atoms with Crippen LogP contribution in [0.5, 0.6) is 0 Å². The number of carbonyl (C=O) groups is 2. The third-order valence-corrected chi connectivity index (χ3v) is 3.48. The van der Waals surface area contributed by atoms with Gasteiger partial charge in [0.15, 0.2) is 0 Å². The number of piperidine rings is 1. The zero-order valence-electron chi connectivity index (χ0n) is 12.9. The Labute approximate surface area is 142 Å². The zero-order valence-corrected chi connectivity index (χ0v) is 13.7. The molecule has 7 heteroatoms. The third kappa shape index (κ3) is 6.30. The molecule has 1 aliphatic rings. The molecule has 126 valence electrons. The fourth-order valence-electron chi connectivity index (χ4n) is 2.30. The molecule has 3 amide bonds. The molecular formula is C16H23ClN4O2. The summed E-state index contributed by atoms with van der Waals surface area (Å²) in [4.78, 5) is 23.6. The van der Waals surface area contributed by atoms with Gasteiger partial charge in [0.05, 0.1) is 5.92 Å². The lowest BCUT2D eigenvalue weighted by Crippen LogP contribution is -2.37. The van der Waals surface area contributed by atoms with Crippen molar-refractivity contribution >= 4 is 35.7 Å². The van der Waals surface area contributed by atoms with Crippen LogP contribution in [0.4, 0.5) is 16.2 Å². The molecule has 0 radical (unpaired) electrons. The molecule has 6 nitrogen and oxygen atoms in total. The molecule has 1 unspecified atom stereocenters. The highest BCUT2D eigenvalue weighted by Gasteiger charge is 2.20. The molecule has 1 aromatic carbocycles. The fraction of sp³-hybridized carbons (Fsp3) is 0.375. The molecule has 0 saturated carbocycles. The van der Waals surface area contributed by atoms with Gasteiger partial charge in [0, 0.05) is 24.5 Å². The van der Waals surface area contributed by atoms with Crippen LogP contribution in [0.3, 0.4) is 0 Å². The Balaban J connectivity index is 0.00000264. The molecule has 23 heavy (non-hydrogen) atoms. The second kappa shape index (κ2) is 9.86. The molecule has 4 N–H and O–H groups in total. The van der Waals surface area contributed by atoms with Crippen molar-refractivity contribution < 1.29 is 9.59 Å². The molecule has 2 rings (SSSR count). The Hall–Kier alpha value is -2.05. The van der Waals surface area contributed by atoms with E-state index in [1.807, 2.05) is 0 Å². The second-order valence-corrected chi connectivity index (χ2v) is 5.23. The van der Waals surface area contributed by atoms with Crippen molar-refractivity contribution in [1.82, 2.24) is 10.6 Å². The zero-order chi connectivity index (χ0) is 15.8. The van der Waals surface area contributed by atoms with Crippen LogP contribution >= 0.6 is 12.4 Å². The first-order valence-electron chi connectivity index (χ1n) is 7.46. The number of nitrogens with one attached hydrogen (secondary N) is 4. The van der Waals surface area contributed by atoms with Crippen LogP contribution in [0.25, 0.3) is 0 Å². The number of urea groups is 1. The summed E-state index contributed by atoms with van der Waals surface area (Å²) in [5, 5.41) is 11.5. The summed E-state index contributed by atoms with van der Waals surface area (Å²) < 4.78 is 0. The molecule has 1 saturated heterocycles. The molecule has 0 bridgehead atoms. The van der Waals surface area contributed by atoms with Gasteiger partial charge < -0.3 is 21.3 Å². The molecule has 1 aromatic rings. The molecule has 1 atom stereocenters. The summed E-state index contributed by atoms with van der Waals surface area (Å²) in [6.07, 6.45) is 3.56. The minimum absolute atomic E-state index is 0. The van der Waals surface area contributed by atoms with Gasteiger partial charge in [-0.25, -0.2) is 4.79 Å². The molecule has 1 aliphatic heterocycles. The van der Waals surface area contributed by atoms with Crippen molar-refractivity contribution in [2.24, 2.45) is 5.92 Å². The maximum absolute atomic E-state index is 12.1. The van der Waals surface area contributed by atoms with E-state index in [4.69, 9.17) is 0 Å². The van der Waals surface area contributed by atoms with E-state index < -0.39 is 0 Å². The van der Waals surface area contributed by atoms with E-state index in [2.05, 4.69) is 27.8 Å². The van der Waals surface area contributed by atoms with Crippen LogP contribution < -0.4 is 21.3 Å². The highest BCUT2D eigenvalue weighted by atomic mass is 35.5. The van der Waals surface area contributed by atoms with E-state index in [9.17, 15) is 9.59 Å². The average Bonchev–Trinajstić information content (AvgIpc) is 2.55. The Morgan fingerprint density at radius 3 is 2.43 bits per heavy atom. The van der Waals surface area contributed by atoms with Crippen LogP contribution in [0.2, 0.25) is 0 Å². The minimum atomic E-state index is -0.287. The summed E-state index contributed by atoms with van der Waals surface area (Å²) >= 11 is 0. The van der Waals surface area contributed by atoms with Gasteiger partial charge in [0.25, 0.3) is 0 Å². The van der Waals surface area contributed by atoms with Gasteiger partial charge in [-0.1, -0.05) is 6.08 Å². The van der Waals surface area contributed by atoms with Gasteiger partial charge in [-0.3, -0.25) is 4.79 Å². The summed E-state index contributed by atoms with van der Waals surface area (Å²) in [5.41, 5.74) is 1.39. The van der Waals surface area contributed by atoms with E-state index in [1.54, 1.807) is 30.3 Å². The number of benzene rings is 1. The Morgan fingerprint density at radius 1 is 1.22 bits per heavy atom. The maximum Gasteiger partial charge on any atom is 0.319 e. The maximum atomic E-state index is 12.1. The number of anilines is 2. The number of rotatable bonds is 5. The summed E-state index contributed by atoms with van der Waals surface area (Å²) in [7, 11) is 0. The van der Waals surface area contributed by atoms with Gasteiger partial charge in [-0.15, -0.1) is 19.0 Å². The van der Waals surface area contributed by atoms with Gasteiger partial charge in [0.1, 0.15) is 0 Å². The molecule has 0 spiro atoms. The standard InChI is InChI=1S/C16H22N4O2.ClH/c1-2-9-18-16(22)20-14-7-5-13(6-8-14)19-15(21)12-4-3-10-17-11-12;/h2,5-8,12,17H,1,3-4,9-11H2,(H,19,21)(H2,18,20,22);1H. The van der Waals surface area contributed by atoms with Crippen molar-refractivity contribution in [2.45, 2.75) is 12.8 Å². The van der Waals surface area contributed by atoms with Crippen LogP contribution in [-0.4, -0.2) is 31.6 Å². The van der Waals surface area contributed by atoms with E-state index in [1.165, 1.54) is 0 Å². The summed E-state index contributed by atoms with van der Waals surface area (Å²) in [5.74, 6) is 0.0628. The van der Waals surface area contributed by atoms with Gasteiger partial charge in [0.2, 0.25) is 5.91 Å². The number of hydrogen-bond acceptors (Lipinski definition) is 3. The number of carbonyl (C=O) groups excluding carboxylic acids is 2. The number of halogens is 1. The quantitative estimate of drug-likeness (QED) is 0.622. The predicted octanol–water partition coefficient (Wildman–Crippen LogP) is 2.35. The van der Waals surface area contributed by atoms with Crippen molar-refractivity contribution in [3.63, 3.8) is 0 Å². The summed E-state index contributed by atoms with van der Waals surface area (Å²) in [6, 6.07) is 6.77. The van der Waals surface area contributed by atoms with Crippen LogP contribution in [0, 0.1) is 5.92 Å². The van der Waals surface area contributed by atoms with E-state index in [0.29, 0.717) is 12.2 Å². The smallest absolute Gasteiger partial charge is 0.319 e. The third-order valence-electron chi connectivity index (χ3n) is 3.48. The Morgan fingerprint density at radius 2 is 1.87 bits per heavy atom. The lowest BCUT2D eigenvalue weighted by molar-refractivity contribution is -0.120. The predicted molar refractivity (Wildman–Crippen MR) is 95.1 cm³/mol. The van der Waals surface area contributed by atoms with Gasteiger partial charge in [-0.05, 0) is 43.7 Å². The first-order chi connectivity index (χ1) is 10.7. The van der Waals surface area contributed by atoms with Gasteiger partial charge >= 0.3 is 6.03 Å². The monoisotopic (exact) mass is 338 g/mol. The largest absolute Gasteiger partial charge is 0.334 e. The van der Waals surface area contributed by atoms with Crippen molar-refractivity contribution in [3.8, 4) is 0 Å². The molecule has 1 fully saturated rings. The van der Waals surface area contributed by atoms with Gasteiger partial charge in [-0.2, -0.15) is 0 Å². The van der Waals surface area contributed by atoms with Crippen LogP contribution in [0.15, 0.2) is 36.9 Å². The lowest BCUT2D eigenvalue weighted by Gasteiger charge is -2.21. The molecule has 1 heterocycles. The van der Waals surface area contributed by atoms with E-state index in [-0.39, 0.29) is 30.3 Å². The van der Waals surface area contributed by atoms with Crippen LogP contribution in [0.1, 0.15) is 12.8 Å². The normalized spacial score (nSPS) is 16.6. The van der Waals surface area contributed by atoms with E-state index in [0.717, 1.165) is 31.6 Å². The molecule has 0 aromatic heterocycles. The molecule has 0 aliphatic carbocycles.